The molecule has 0 N–H and O–H groups in total. The van der Waals surface area contributed by atoms with Crippen molar-refractivity contribution in [3.8, 4) is 5.75 Å². The number of halogens is 1. The van der Waals surface area contributed by atoms with Crippen LogP contribution < -0.4 is 4.74 Å². The van der Waals surface area contributed by atoms with E-state index in [2.05, 4.69) is 20.9 Å². The smallest absolute Gasteiger partial charge is 0.410 e. The summed E-state index contributed by atoms with van der Waals surface area (Å²) in [5.41, 5.74) is -0.148. The second-order valence-corrected chi connectivity index (χ2v) is 8.87. The first-order valence-corrected chi connectivity index (χ1v) is 10.3. The number of hydrogen-bond donors (Lipinski definition) is 0. The van der Waals surface area contributed by atoms with Crippen LogP contribution >= 0.6 is 15.9 Å². The lowest BCUT2D eigenvalue weighted by molar-refractivity contribution is 0.0107. The van der Waals surface area contributed by atoms with Gasteiger partial charge < -0.3 is 14.4 Å². The van der Waals surface area contributed by atoms with E-state index in [1.807, 2.05) is 51.7 Å². The van der Waals surface area contributed by atoms with Crippen molar-refractivity contribution in [3.05, 3.63) is 22.9 Å². The number of nitrogens with zero attached hydrogens (tertiary/aromatic N) is 2. The second-order valence-electron chi connectivity index (χ2n) is 8.05. The Hall–Kier alpha value is -1.30. The molecule has 2 fully saturated rings. The van der Waals surface area contributed by atoms with Crippen LogP contribution in [0.4, 0.5) is 4.79 Å². The lowest BCUT2D eigenvalue weighted by Crippen LogP contribution is -2.43. The quantitative estimate of drug-likeness (QED) is 0.616. The number of ether oxygens (including phenoxy) is 2. The molecular formula is C20H31BrN2O3. The molecule has 0 bridgehead atoms. The van der Waals surface area contributed by atoms with Gasteiger partial charge in [-0.1, -0.05) is 13.8 Å². The molecule has 2 heterocycles. The third-order valence-corrected chi connectivity index (χ3v) is 5.19. The van der Waals surface area contributed by atoms with E-state index in [0.717, 1.165) is 49.3 Å². The van der Waals surface area contributed by atoms with E-state index >= 15 is 0 Å². The van der Waals surface area contributed by atoms with E-state index < -0.39 is 5.60 Å². The summed E-state index contributed by atoms with van der Waals surface area (Å²) in [6, 6.07) is 3.80. The third-order valence-electron chi connectivity index (χ3n) is 4.72. The summed E-state index contributed by atoms with van der Waals surface area (Å²) >= 11 is 3.32. The van der Waals surface area contributed by atoms with Gasteiger partial charge in [0.2, 0.25) is 0 Å². The highest BCUT2D eigenvalue weighted by molar-refractivity contribution is 9.10. The van der Waals surface area contributed by atoms with Gasteiger partial charge in [0.1, 0.15) is 16.0 Å². The fourth-order valence-corrected chi connectivity index (χ4v) is 3.93. The van der Waals surface area contributed by atoms with Crippen molar-refractivity contribution in [2.75, 3.05) is 19.7 Å². The number of hydrogen-bond acceptors (Lipinski definition) is 4. The molecule has 26 heavy (non-hydrogen) atoms. The van der Waals surface area contributed by atoms with E-state index in [1.54, 1.807) is 6.20 Å². The van der Waals surface area contributed by atoms with Crippen LogP contribution in [0.5, 0.6) is 5.75 Å². The van der Waals surface area contributed by atoms with Gasteiger partial charge in [-0.05, 0) is 79.4 Å². The van der Waals surface area contributed by atoms with Gasteiger partial charge in [-0.15, -0.1) is 0 Å². The van der Waals surface area contributed by atoms with E-state index in [4.69, 9.17) is 9.47 Å². The molecule has 1 saturated heterocycles. The summed E-state index contributed by atoms with van der Waals surface area (Å²) in [4.78, 5) is 18.2. The fourth-order valence-electron chi connectivity index (χ4n) is 3.70. The first-order chi connectivity index (χ1) is 12.2. The zero-order valence-corrected chi connectivity index (χ0v) is 18.1. The average Bonchev–Trinajstić information content (AvgIpc) is 2.99. The normalized spacial score (nSPS) is 24.5. The van der Waals surface area contributed by atoms with Crippen LogP contribution in [0, 0.1) is 11.3 Å². The van der Waals surface area contributed by atoms with E-state index in [1.165, 1.54) is 0 Å². The lowest BCUT2D eigenvalue weighted by Gasteiger charge is -2.45. The maximum atomic E-state index is 12.2. The molecule has 1 aliphatic heterocycles. The highest BCUT2D eigenvalue weighted by atomic mass is 79.9. The van der Waals surface area contributed by atoms with Crippen molar-refractivity contribution in [1.82, 2.24) is 9.88 Å². The van der Waals surface area contributed by atoms with Gasteiger partial charge in [-0.25, -0.2) is 9.78 Å². The van der Waals surface area contributed by atoms with E-state index in [0.29, 0.717) is 5.92 Å². The summed E-state index contributed by atoms with van der Waals surface area (Å²) in [6.45, 7) is 12.1. The van der Waals surface area contributed by atoms with Crippen LogP contribution in [0.15, 0.2) is 22.9 Å². The molecule has 1 amide bonds. The van der Waals surface area contributed by atoms with E-state index in [9.17, 15) is 4.79 Å². The third kappa shape index (κ3) is 5.60. The van der Waals surface area contributed by atoms with Gasteiger partial charge in [-0.2, -0.15) is 0 Å². The Bertz CT molecular complexity index is 592. The Kier molecular flexibility index (Phi) is 6.94. The molecule has 1 spiro atoms. The summed E-state index contributed by atoms with van der Waals surface area (Å²) in [5, 5.41) is 0. The van der Waals surface area contributed by atoms with Crippen LogP contribution in [0.25, 0.3) is 0 Å². The summed E-state index contributed by atoms with van der Waals surface area (Å²) in [6.07, 6.45) is 4.87. The fraction of sp³-hybridized carbons (Fsp3) is 0.700. The van der Waals surface area contributed by atoms with Crippen molar-refractivity contribution in [2.24, 2.45) is 11.3 Å². The van der Waals surface area contributed by atoms with Gasteiger partial charge in [0.05, 0.1) is 12.8 Å². The minimum absolute atomic E-state index is 0.181. The van der Waals surface area contributed by atoms with Crippen molar-refractivity contribution in [3.63, 3.8) is 0 Å². The standard InChI is InChI=1S/C18H25BrN2O3.C2H6/c1-17(2,3)24-16(22)21-7-6-18(12-21)8-13(9-18)11-23-14-4-5-15(19)20-10-14;1-2/h4-5,10,13H,6-9,11-12H2,1-3H3;1-2H3. The molecule has 0 atom stereocenters. The molecule has 0 unspecified atom stereocenters. The average molecular weight is 427 g/mol. The summed E-state index contributed by atoms with van der Waals surface area (Å²) in [7, 11) is 0. The number of rotatable bonds is 3. The van der Waals surface area contributed by atoms with E-state index in [-0.39, 0.29) is 11.5 Å². The highest BCUT2D eigenvalue weighted by Gasteiger charge is 2.50. The van der Waals surface area contributed by atoms with Crippen LogP contribution in [0.2, 0.25) is 0 Å². The maximum absolute atomic E-state index is 12.2. The topological polar surface area (TPSA) is 51.7 Å². The predicted molar refractivity (Wildman–Crippen MR) is 106 cm³/mol. The summed E-state index contributed by atoms with van der Waals surface area (Å²) in [5.74, 6) is 1.37. The molecule has 146 valence electrons. The second kappa shape index (κ2) is 8.59. The SMILES string of the molecule is CC.CC(C)(C)OC(=O)N1CCC2(CC(COc3ccc(Br)nc3)C2)C1. The molecule has 3 rings (SSSR count). The molecule has 1 aromatic rings. The first kappa shape index (κ1) is 21.0. The highest BCUT2D eigenvalue weighted by Crippen LogP contribution is 2.51. The number of carbonyl (C=O) groups excluding carboxylic acids is 1. The molecule has 1 saturated carbocycles. The Morgan fingerprint density at radius 3 is 2.62 bits per heavy atom. The molecule has 1 aliphatic carbocycles. The minimum atomic E-state index is -0.429. The van der Waals surface area contributed by atoms with Crippen LogP contribution in [-0.2, 0) is 4.74 Å². The zero-order valence-electron chi connectivity index (χ0n) is 16.5. The molecule has 5 nitrogen and oxygen atoms in total. The number of pyridine rings is 1. The molecular weight excluding hydrogens is 396 g/mol. The number of aromatic nitrogens is 1. The Labute approximate surface area is 165 Å². The van der Waals surface area contributed by atoms with Gasteiger partial charge in [-0.3, -0.25) is 0 Å². The molecule has 0 aromatic carbocycles. The maximum Gasteiger partial charge on any atom is 0.410 e. The molecule has 1 aromatic heterocycles. The molecule has 0 radical (unpaired) electrons. The summed E-state index contributed by atoms with van der Waals surface area (Å²) < 4.78 is 12.1. The van der Waals surface area contributed by atoms with Crippen LogP contribution in [-0.4, -0.2) is 41.3 Å². The predicted octanol–water partition coefficient (Wildman–Crippen LogP) is 5.29. The van der Waals surface area contributed by atoms with Gasteiger partial charge >= 0.3 is 6.09 Å². The molecule has 6 heteroatoms. The van der Waals surface area contributed by atoms with Gasteiger partial charge in [0.25, 0.3) is 0 Å². The lowest BCUT2D eigenvalue weighted by atomic mass is 9.62. The number of likely N-dealkylation sites (tertiary alicyclic amines) is 1. The minimum Gasteiger partial charge on any atom is -0.492 e. The number of carbonyl (C=O) groups is 1. The van der Waals surface area contributed by atoms with Crippen molar-refractivity contribution in [2.45, 2.75) is 59.5 Å². The van der Waals surface area contributed by atoms with Gasteiger partial charge in [0.15, 0.2) is 0 Å². The van der Waals surface area contributed by atoms with Crippen LogP contribution in [0.1, 0.15) is 53.9 Å². The monoisotopic (exact) mass is 426 g/mol. The Morgan fingerprint density at radius 1 is 1.35 bits per heavy atom. The largest absolute Gasteiger partial charge is 0.492 e. The van der Waals surface area contributed by atoms with Crippen molar-refractivity contribution >= 4 is 22.0 Å². The van der Waals surface area contributed by atoms with Crippen molar-refractivity contribution in [1.29, 1.82) is 0 Å². The Balaban J connectivity index is 0.00000117. The zero-order chi connectivity index (χ0) is 19.4. The van der Waals surface area contributed by atoms with Crippen molar-refractivity contribution < 1.29 is 14.3 Å². The number of amides is 1. The molecule has 2 aliphatic rings. The first-order valence-electron chi connectivity index (χ1n) is 9.47. The Morgan fingerprint density at radius 2 is 2.04 bits per heavy atom. The van der Waals surface area contributed by atoms with Crippen LogP contribution in [0.3, 0.4) is 0 Å². The van der Waals surface area contributed by atoms with Gasteiger partial charge in [0, 0.05) is 13.1 Å².